The number of amides is 3. The van der Waals surface area contributed by atoms with Gasteiger partial charge in [0.25, 0.3) is 5.91 Å². The third-order valence-electron chi connectivity index (χ3n) is 4.52. The van der Waals surface area contributed by atoms with Crippen LogP contribution < -0.4 is 15.0 Å². The molecule has 0 spiro atoms. The number of urea groups is 1. The number of ether oxygens (including phenoxy) is 1. The van der Waals surface area contributed by atoms with Gasteiger partial charge in [0.1, 0.15) is 12.3 Å². The molecular weight excluding hydrogens is 459 g/mol. The Morgan fingerprint density at radius 2 is 1.55 bits per heavy atom. The molecule has 3 aromatic rings. The molecule has 3 amide bonds. The highest BCUT2D eigenvalue weighted by Gasteiger charge is 2.34. The molecule has 0 radical (unpaired) electrons. The van der Waals surface area contributed by atoms with E-state index in [0.29, 0.717) is 38.7 Å². The monoisotopic (exact) mass is 472 g/mol. The first-order chi connectivity index (χ1) is 14.9. The van der Waals surface area contributed by atoms with Crippen molar-refractivity contribution in [2.24, 2.45) is 0 Å². The lowest BCUT2D eigenvalue weighted by atomic mass is 10.1. The lowest BCUT2D eigenvalue weighted by Crippen LogP contribution is -2.30. The fraction of sp³-hybridized carbons (Fsp3) is 0.0435. The zero-order valence-electron chi connectivity index (χ0n) is 15.9. The molecule has 0 unspecified atom stereocenters. The number of rotatable bonds is 5. The first-order valence-corrected chi connectivity index (χ1v) is 10.3. The van der Waals surface area contributed by atoms with E-state index in [9.17, 15) is 9.59 Å². The minimum Gasteiger partial charge on any atom is -0.486 e. The molecule has 3 aromatic carbocycles. The van der Waals surface area contributed by atoms with Crippen LogP contribution in [0.4, 0.5) is 10.5 Å². The van der Waals surface area contributed by atoms with Crippen LogP contribution >= 0.6 is 34.8 Å². The van der Waals surface area contributed by atoms with Crippen molar-refractivity contribution in [3.05, 3.63) is 98.6 Å². The third kappa shape index (κ3) is 4.69. The molecule has 5 nitrogen and oxygen atoms in total. The van der Waals surface area contributed by atoms with Gasteiger partial charge in [-0.1, -0.05) is 65.1 Å². The fourth-order valence-electron chi connectivity index (χ4n) is 3.06. The summed E-state index contributed by atoms with van der Waals surface area (Å²) in [5.74, 6) is -0.150. The number of nitrogens with zero attached hydrogens (tertiary/aromatic N) is 1. The van der Waals surface area contributed by atoms with Crippen LogP contribution in [-0.4, -0.2) is 11.9 Å². The van der Waals surface area contributed by atoms with E-state index in [1.54, 1.807) is 36.4 Å². The Balaban J connectivity index is 1.55. The van der Waals surface area contributed by atoms with Crippen LogP contribution in [0.2, 0.25) is 15.1 Å². The molecular formula is C23H15Cl3N2O3. The summed E-state index contributed by atoms with van der Waals surface area (Å²) < 4.78 is 5.76. The third-order valence-corrected chi connectivity index (χ3v) is 5.33. The smallest absolute Gasteiger partial charge is 0.333 e. The molecule has 1 aliphatic heterocycles. The molecule has 1 fully saturated rings. The van der Waals surface area contributed by atoms with Crippen molar-refractivity contribution < 1.29 is 14.3 Å². The number of carbonyl (C=O) groups is 2. The van der Waals surface area contributed by atoms with E-state index in [1.165, 1.54) is 6.08 Å². The van der Waals surface area contributed by atoms with Crippen LogP contribution in [0.1, 0.15) is 11.1 Å². The van der Waals surface area contributed by atoms with E-state index in [1.807, 2.05) is 30.3 Å². The predicted molar refractivity (Wildman–Crippen MR) is 123 cm³/mol. The van der Waals surface area contributed by atoms with Gasteiger partial charge >= 0.3 is 6.03 Å². The minimum absolute atomic E-state index is 0.102. The van der Waals surface area contributed by atoms with Gasteiger partial charge in [0.05, 0.1) is 15.7 Å². The number of halogens is 3. The van der Waals surface area contributed by atoms with Crippen LogP contribution in [0.25, 0.3) is 6.08 Å². The Bertz CT molecular complexity index is 1160. The second kappa shape index (κ2) is 9.02. The maximum absolute atomic E-state index is 12.8. The van der Waals surface area contributed by atoms with Crippen molar-refractivity contribution >= 4 is 58.5 Å². The number of nitrogens with one attached hydrogen (secondary N) is 1. The van der Waals surface area contributed by atoms with Crippen molar-refractivity contribution in [1.82, 2.24) is 5.32 Å². The lowest BCUT2D eigenvalue weighted by molar-refractivity contribution is -0.113. The average Bonchev–Trinajstić information content (AvgIpc) is 3.02. The molecule has 0 aliphatic carbocycles. The summed E-state index contributed by atoms with van der Waals surface area (Å²) in [6, 6.07) is 18.7. The molecule has 0 atom stereocenters. The van der Waals surface area contributed by atoms with Crippen LogP contribution in [0.15, 0.2) is 72.4 Å². The quantitative estimate of drug-likeness (QED) is 0.348. The van der Waals surface area contributed by atoms with Gasteiger partial charge in [0.15, 0.2) is 5.75 Å². The largest absolute Gasteiger partial charge is 0.486 e. The summed E-state index contributed by atoms with van der Waals surface area (Å²) in [7, 11) is 0. The molecule has 156 valence electrons. The highest BCUT2D eigenvalue weighted by Crippen LogP contribution is 2.36. The topological polar surface area (TPSA) is 58.6 Å². The van der Waals surface area contributed by atoms with Gasteiger partial charge in [0, 0.05) is 5.02 Å². The van der Waals surface area contributed by atoms with E-state index in [2.05, 4.69) is 5.32 Å². The summed E-state index contributed by atoms with van der Waals surface area (Å²) in [5.41, 5.74) is 2.03. The van der Waals surface area contributed by atoms with E-state index >= 15 is 0 Å². The van der Waals surface area contributed by atoms with Crippen molar-refractivity contribution in [3.8, 4) is 5.75 Å². The van der Waals surface area contributed by atoms with Crippen molar-refractivity contribution in [2.75, 3.05) is 4.90 Å². The minimum atomic E-state index is -0.557. The zero-order chi connectivity index (χ0) is 22.0. The van der Waals surface area contributed by atoms with Crippen LogP contribution in [0, 0.1) is 0 Å². The van der Waals surface area contributed by atoms with E-state index in [-0.39, 0.29) is 5.70 Å². The number of hydrogen-bond donors (Lipinski definition) is 1. The van der Waals surface area contributed by atoms with Gasteiger partial charge in [-0.3, -0.25) is 4.79 Å². The fourth-order valence-corrected chi connectivity index (χ4v) is 3.80. The number of benzene rings is 3. The molecule has 31 heavy (non-hydrogen) atoms. The van der Waals surface area contributed by atoms with Gasteiger partial charge in [-0.15, -0.1) is 0 Å². The van der Waals surface area contributed by atoms with Crippen LogP contribution in [0.5, 0.6) is 5.75 Å². The molecule has 8 heteroatoms. The zero-order valence-corrected chi connectivity index (χ0v) is 18.2. The standard InChI is InChI=1S/C23H15Cl3N2O3/c24-16-6-8-17(9-7-16)28-22(29)20(27-23(28)30)12-15-10-18(25)21(19(26)11-15)31-13-14-4-2-1-3-5-14/h1-12H,13H2,(H,27,30)/b20-12+. The second-order valence-electron chi connectivity index (χ2n) is 6.69. The predicted octanol–water partition coefficient (Wildman–Crippen LogP) is 6.32. The lowest BCUT2D eigenvalue weighted by Gasteiger charge is -2.12. The maximum atomic E-state index is 12.8. The van der Waals surface area contributed by atoms with Crippen molar-refractivity contribution in [3.63, 3.8) is 0 Å². The summed E-state index contributed by atoms with van der Waals surface area (Å²) >= 11 is 18.6. The first kappa shape index (κ1) is 21.2. The first-order valence-electron chi connectivity index (χ1n) is 9.21. The molecule has 4 rings (SSSR count). The van der Waals surface area contributed by atoms with Gasteiger partial charge in [-0.05, 0) is 53.6 Å². The number of imide groups is 1. The van der Waals surface area contributed by atoms with Crippen LogP contribution in [-0.2, 0) is 11.4 Å². The molecule has 1 saturated heterocycles. The Morgan fingerprint density at radius 3 is 2.19 bits per heavy atom. The number of carbonyl (C=O) groups excluding carboxylic acids is 2. The van der Waals surface area contributed by atoms with E-state index in [0.717, 1.165) is 10.5 Å². The second-order valence-corrected chi connectivity index (χ2v) is 7.94. The maximum Gasteiger partial charge on any atom is 0.333 e. The summed E-state index contributed by atoms with van der Waals surface area (Å²) in [6.07, 6.45) is 1.51. The molecule has 1 heterocycles. The molecule has 0 bridgehead atoms. The normalized spacial score (nSPS) is 14.8. The summed E-state index contributed by atoms with van der Waals surface area (Å²) in [4.78, 5) is 26.1. The summed E-state index contributed by atoms with van der Waals surface area (Å²) in [5, 5.41) is 3.66. The Labute approximate surface area is 193 Å². The number of hydrogen-bond acceptors (Lipinski definition) is 3. The molecule has 1 aliphatic rings. The highest BCUT2D eigenvalue weighted by molar-refractivity contribution is 6.37. The average molecular weight is 474 g/mol. The molecule has 1 N–H and O–H groups in total. The Kier molecular flexibility index (Phi) is 6.18. The highest BCUT2D eigenvalue weighted by atomic mass is 35.5. The summed E-state index contributed by atoms with van der Waals surface area (Å²) in [6.45, 7) is 0.311. The van der Waals surface area contributed by atoms with Crippen molar-refractivity contribution in [2.45, 2.75) is 6.61 Å². The molecule has 0 aromatic heterocycles. The van der Waals surface area contributed by atoms with Gasteiger partial charge in [-0.2, -0.15) is 0 Å². The molecule has 0 saturated carbocycles. The van der Waals surface area contributed by atoms with Gasteiger partial charge < -0.3 is 10.1 Å². The van der Waals surface area contributed by atoms with E-state index < -0.39 is 11.9 Å². The van der Waals surface area contributed by atoms with E-state index in [4.69, 9.17) is 39.5 Å². The Hall–Kier alpha value is -2.99. The Morgan fingerprint density at radius 1 is 0.903 bits per heavy atom. The SMILES string of the molecule is O=C1N/C(=C/c2cc(Cl)c(OCc3ccccc3)c(Cl)c2)C(=O)N1c1ccc(Cl)cc1. The van der Waals surface area contributed by atoms with Crippen molar-refractivity contribution in [1.29, 1.82) is 0 Å². The van der Waals surface area contributed by atoms with Crippen LogP contribution in [0.3, 0.4) is 0 Å². The number of anilines is 1. The van der Waals surface area contributed by atoms with Gasteiger partial charge in [-0.25, -0.2) is 9.69 Å². The van der Waals surface area contributed by atoms with Gasteiger partial charge in [0.2, 0.25) is 0 Å².